The number of carbonyl (C=O) groups is 1. The first-order chi connectivity index (χ1) is 14.0. The van der Waals surface area contributed by atoms with Crippen molar-refractivity contribution in [3.63, 3.8) is 0 Å². The van der Waals surface area contributed by atoms with Gasteiger partial charge in [0.25, 0.3) is 5.56 Å². The summed E-state index contributed by atoms with van der Waals surface area (Å²) in [6.45, 7) is 8.41. The van der Waals surface area contributed by atoms with Crippen molar-refractivity contribution in [1.29, 1.82) is 0 Å². The molecular formula is C22H28N4O2S. The Hall–Kier alpha value is -2.25. The van der Waals surface area contributed by atoms with E-state index in [4.69, 9.17) is 0 Å². The van der Waals surface area contributed by atoms with E-state index in [0.717, 1.165) is 33.6 Å². The van der Waals surface area contributed by atoms with Gasteiger partial charge in [0.05, 0.1) is 15.8 Å². The fourth-order valence-corrected chi connectivity index (χ4v) is 5.35. The minimum atomic E-state index is -0.650. The molecule has 3 aromatic rings. The molecule has 1 aliphatic heterocycles. The lowest BCUT2D eigenvalue weighted by atomic mass is 10.0. The molecule has 0 radical (unpaired) electrons. The molecule has 7 heteroatoms. The fraction of sp³-hybridized carbons (Fsp3) is 0.500. The highest BCUT2D eigenvalue weighted by molar-refractivity contribution is 7.26. The number of amides is 1. The van der Waals surface area contributed by atoms with Crippen molar-refractivity contribution in [3.05, 3.63) is 40.3 Å². The number of piperidine rings is 1. The Morgan fingerprint density at radius 1 is 1.34 bits per heavy atom. The highest BCUT2D eigenvalue weighted by atomic mass is 32.1. The van der Waals surface area contributed by atoms with Crippen molar-refractivity contribution in [3.8, 4) is 0 Å². The Bertz CT molecular complexity index is 1100. The van der Waals surface area contributed by atoms with Crippen molar-refractivity contribution in [2.45, 2.75) is 52.1 Å². The Balaban J connectivity index is 1.54. The van der Waals surface area contributed by atoms with Gasteiger partial charge in [-0.15, -0.1) is 11.3 Å². The Morgan fingerprint density at radius 2 is 2.14 bits per heavy atom. The van der Waals surface area contributed by atoms with Crippen LogP contribution >= 0.6 is 11.3 Å². The van der Waals surface area contributed by atoms with E-state index >= 15 is 0 Å². The molecule has 1 fully saturated rings. The molecule has 6 nitrogen and oxygen atoms in total. The maximum Gasteiger partial charge on any atom is 0.276 e. The highest BCUT2D eigenvalue weighted by Gasteiger charge is 2.22. The van der Waals surface area contributed by atoms with Crippen LogP contribution in [0.3, 0.4) is 0 Å². The molecular weight excluding hydrogens is 384 g/mol. The van der Waals surface area contributed by atoms with Crippen LogP contribution in [-0.2, 0) is 4.79 Å². The van der Waals surface area contributed by atoms with Gasteiger partial charge in [0.2, 0.25) is 5.91 Å². The van der Waals surface area contributed by atoms with E-state index in [1.807, 2.05) is 31.2 Å². The number of nitrogens with zero attached hydrogens (tertiary/aromatic N) is 3. The number of likely N-dealkylation sites (tertiary alicyclic amines) is 1. The number of fused-ring (bicyclic) bond motifs is 3. The smallest absolute Gasteiger partial charge is 0.276 e. The number of hydrogen-bond acceptors (Lipinski definition) is 5. The molecule has 1 aromatic carbocycles. The van der Waals surface area contributed by atoms with Crippen molar-refractivity contribution < 1.29 is 4.79 Å². The van der Waals surface area contributed by atoms with Gasteiger partial charge < -0.3 is 5.32 Å². The molecule has 4 rings (SSSR count). The van der Waals surface area contributed by atoms with Crippen molar-refractivity contribution in [2.75, 3.05) is 19.6 Å². The Morgan fingerprint density at radius 3 is 2.93 bits per heavy atom. The summed E-state index contributed by atoms with van der Waals surface area (Å²) in [4.78, 5) is 28.3. The first kappa shape index (κ1) is 20.0. The van der Waals surface area contributed by atoms with E-state index in [1.54, 1.807) is 18.3 Å². The SMILES string of the molecule is Cc1nn([C@@H](C)C(=O)NCCN2CCCC[C@H]2C)c(=O)c2c1sc1ccccc12. The summed E-state index contributed by atoms with van der Waals surface area (Å²) in [5.74, 6) is -0.164. The lowest BCUT2D eigenvalue weighted by Gasteiger charge is -2.33. The summed E-state index contributed by atoms with van der Waals surface area (Å²) in [7, 11) is 0. The van der Waals surface area contributed by atoms with Crippen molar-refractivity contribution in [2.24, 2.45) is 0 Å². The van der Waals surface area contributed by atoms with Crippen molar-refractivity contribution in [1.82, 2.24) is 20.0 Å². The number of nitrogens with one attached hydrogen (secondary N) is 1. The van der Waals surface area contributed by atoms with Gasteiger partial charge in [0.15, 0.2) is 0 Å². The number of aryl methyl sites for hydroxylation is 1. The summed E-state index contributed by atoms with van der Waals surface area (Å²) in [6.07, 6.45) is 3.73. The maximum absolute atomic E-state index is 13.2. The van der Waals surface area contributed by atoms with Crippen LogP contribution in [-0.4, -0.2) is 46.3 Å². The van der Waals surface area contributed by atoms with Gasteiger partial charge >= 0.3 is 0 Å². The van der Waals surface area contributed by atoms with E-state index < -0.39 is 6.04 Å². The molecule has 1 saturated heterocycles. The van der Waals surface area contributed by atoms with Gasteiger partial charge in [-0.25, -0.2) is 4.68 Å². The molecule has 0 unspecified atom stereocenters. The average molecular weight is 413 g/mol. The van der Waals surface area contributed by atoms with E-state index in [9.17, 15) is 9.59 Å². The molecule has 154 valence electrons. The van der Waals surface area contributed by atoms with Crippen molar-refractivity contribution >= 4 is 37.4 Å². The predicted molar refractivity (Wildman–Crippen MR) is 119 cm³/mol. The monoisotopic (exact) mass is 412 g/mol. The highest BCUT2D eigenvalue weighted by Crippen LogP contribution is 2.32. The van der Waals surface area contributed by atoms with E-state index in [0.29, 0.717) is 18.0 Å². The average Bonchev–Trinajstić information content (AvgIpc) is 3.12. The van der Waals surface area contributed by atoms with E-state index in [2.05, 4.69) is 22.2 Å². The molecule has 3 heterocycles. The third kappa shape index (κ3) is 3.81. The molecule has 0 bridgehead atoms. The second-order valence-corrected chi connectivity index (χ2v) is 9.04. The molecule has 29 heavy (non-hydrogen) atoms. The van der Waals surface area contributed by atoms with Gasteiger partial charge in [-0.3, -0.25) is 14.5 Å². The quantitative estimate of drug-likeness (QED) is 0.697. The number of aromatic nitrogens is 2. The zero-order valence-electron chi connectivity index (χ0n) is 17.3. The van der Waals surface area contributed by atoms with Crippen LogP contribution in [0.1, 0.15) is 44.8 Å². The predicted octanol–water partition coefficient (Wildman–Crippen LogP) is 3.47. The third-order valence-electron chi connectivity index (χ3n) is 5.99. The third-order valence-corrected chi connectivity index (χ3v) is 7.27. The largest absolute Gasteiger partial charge is 0.353 e. The molecule has 2 atom stereocenters. The molecule has 0 saturated carbocycles. The maximum atomic E-state index is 13.2. The van der Waals surface area contributed by atoms with Crippen LogP contribution in [0.15, 0.2) is 29.1 Å². The summed E-state index contributed by atoms with van der Waals surface area (Å²) in [6, 6.07) is 7.80. The zero-order valence-corrected chi connectivity index (χ0v) is 18.1. The summed E-state index contributed by atoms with van der Waals surface area (Å²) < 4.78 is 3.31. The summed E-state index contributed by atoms with van der Waals surface area (Å²) in [5.41, 5.74) is 0.581. The fourth-order valence-electron chi connectivity index (χ4n) is 4.21. The lowest BCUT2D eigenvalue weighted by Crippen LogP contribution is -2.44. The second kappa shape index (κ2) is 8.24. The molecule has 1 aliphatic rings. The van der Waals surface area contributed by atoms with E-state index in [1.165, 1.54) is 23.9 Å². The van der Waals surface area contributed by atoms with Crippen LogP contribution < -0.4 is 10.9 Å². The molecule has 0 aliphatic carbocycles. The lowest BCUT2D eigenvalue weighted by molar-refractivity contribution is -0.124. The minimum Gasteiger partial charge on any atom is -0.353 e. The van der Waals surface area contributed by atoms with Crippen LogP contribution in [0, 0.1) is 6.92 Å². The molecule has 1 amide bonds. The van der Waals surface area contributed by atoms with Gasteiger partial charge in [0.1, 0.15) is 6.04 Å². The molecule has 0 spiro atoms. The molecule has 2 aromatic heterocycles. The van der Waals surface area contributed by atoms with E-state index in [-0.39, 0.29) is 11.5 Å². The summed E-state index contributed by atoms with van der Waals surface area (Å²) >= 11 is 1.58. The number of rotatable bonds is 5. The van der Waals surface area contributed by atoms with Gasteiger partial charge in [0, 0.05) is 29.2 Å². The van der Waals surface area contributed by atoms with Gasteiger partial charge in [-0.2, -0.15) is 5.10 Å². The first-order valence-electron chi connectivity index (χ1n) is 10.4. The number of thiophene rings is 1. The molecule has 1 N–H and O–H groups in total. The van der Waals surface area contributed by atoms with Crippen LogP contribution in [0.4, 0.5) is 0 Å². The Kier molecular flexibility index (Phi) is 5.69. The zero-order chi connectivity index (χ0) is 20.5. The number of carbonyl (C=O) groups excluding carboxylic acids is 1. The standard InChI is InChI=1S/C22H28N4O2S/c1-14-8-6-7-12-25(14)13-11-23-21(27)16(3)26-22(28)19-17-9-4-5-10-18(17)29-20(19)15(2)24-26/h4-5,9-10,14,16H,6-8,11-13H2,1-3H3,(H,23,27)/t14-,16+/m1/s1. The Labute approximate surface area is 174 Å². The van der Waals surface area contributed by atoms with Gasteiger partial charge in [-0.05, 0) is 46.2 Å². The summed E-state index contributed by atoms with van der Waals surface area (Å²) in [5, 5.41) is 9.07. The normalized spacial score (nSPS) is 18.9. The van der Waals surface area contributed by atoms with Crippen LogP contribution in [0.5, 0.6) is 0 Å². The topological polar surface area (TPSA) is 67.2 Å². The van der Waals surface area contributed by atoms with Crippen LogP contribution in [0.2, 0.25) is 0 Å². The number of benzene rings is 1. The second-order valence-electron chi connectivity index (χ2n) is 7.99. The van der Waals surface area contributed by atoms with Crippen LogP contribution in [0.25, 0.3) is 20.2 Å². The van der Waals surface area contributed by atoms with Gasteiger partial charge in [-0.1, -0.05) is 24.6 Å². The number of hydrogen-bond donors (Lipinski definition) is 1. The first-order valence-corrected chi connectivity index (χ1v) is 11.2. The minimum absolute atomic E-state index is 0.164.